The number of nitrogens with zero attached hydrogens (tertiary/aromatic N) is 3. The molecule has 26 N–H and O–H groups in total. The number of carbonyl (C=O) groups is 13. The van der Waals surface area contributed by atoms with Crippen molar-refractivity contribution in [1.29, 1.82) is 0 Å². The number of aromatic nitrogens is 1. The molecule has 12 amide bonds. The molecule has 113 heavy (non-hydrogen) atoms. The summed E-state index contributed by atoms with van der Waals surface area (Å²) in [7, 11) is 0. The van der Waals surface area contributed by atoms with Crippen LogP contribution in [0.5, 0.6) is 5.75 Å². The van der Waals surface area contributed by atoms with Gasteiger partial charge in [-0.05, 0) is 123 Å². The van der Waals surface area contributed by atoms with E-state index in [9.17, 15) is 68.1 Å². The van der Waals surface area contributed by atoms with Gasteiger partial charge in [0.25, 0.3) is 0 Å². The van der Waals surface area contributed by atoms with Crippen molar-refractivity contribution in [3.63, 3.8) is 0 Å². The highest BCUT2D eigenvalue weighted by molar-refractivity contribution is 6.00. The van der Waals surface area contributed by atoms with Gasteiger partial charge in [0.05, 0.1) is 12.1 Å². The second-order valence-corrected chi connectivity index (χ2v) is 30.0. The number of phenolic OH excluding ortho intramolecular Hbond substituents is 1. The maximum Gasteiger partial charge on any atom is 0.326 e. The zero-order valence-electron chi connectivity index (χ0n) is 65.7. The molecule has 4 aromatic rings. The Bertz CT molecular complexity index is 3960. The summed E-state index contributed by atoms with van der Waals surface area (Å²) >= 11 is 0. The number of fused-ring (bicyclic) bond motifs is 1. The van der Waals surface area contributed by atoms with Crippen LogP contribution in [0, 0.1) is 23.7 Å². The molecule has 0 aliphatic carbocycles. The number of amides is 12. The molecule has 2 heterocycles. The van der Waals surface area contributed by atoms with E-state index in [1.54, 1.807) is 88.5 Å². The lowest BCUT2D eigenvalue weighted by Gasteiger charge is -2.32. The van der Waals surface area contributed by atoms with E-state index < -0.39 is 180 Å². The molecule has 0 spiro atoms. The lowest BCUT2D eigenvalue weighted by Crippen LogP contribution is -2.62. The number of aromatic amines is 1. The van der Waals surface area contributed by atoms with Gasteiger partial charge < -0.3 is 113 Å². The first kappa shape index (κ1) is 92.2. The Hall–Kier alpha value is -11.4. The van der Waals surface area contributed by atoms with E-state index in [1.165, 1.54) is 29.2 Å². The summed E-state index contributed by atoms with van der Waals surface area (Å²) in [6.07, 6.45) is -0.659. The molecule has 1 aromatic heterocycles. The lowest BCUT2D eigenvalue weighted by atomic mass is 9.97. The number of primary amides is 1. The number of aliphatic hydroxyl groups is 1. The minimum absolute atomic E-state index is 0.0212. The number of nitrogens with one attached hydrogen (secondary N) is 11. The predicted molar refractivity (Wildman–Crippen MR) is 422 cm³/mol. The van der Waals surface area contributed by atoms with Crippen molar-refractivity contribution in [2.24, 2.45) is 68.1 Å². The lowest BCUT2D eigenvalue weighted by molar-refractivity contribution is -0.143. The molecule has 1 saturated heterocycles. The summed E-state index contributed by atoms with van der Waals surface area (Å²) < 4.78 is 0. The average molecular weight is 1580 g/mol. The van der Waals surface area contributed by atoms with Gasteiger partial charge in [-0.2, -0.15) is 0 Å². The highest BCUT2D eigenvalue weighted by atomic mass is 16.4. The van der Waals surface area contributed by atoms with E-state index in [-0.39, 0.29) is 113 Å². The van der Waals surface area contributed by atoms with E-state index >= 15 is 9.59 Å². The Morgan fingerprint density at radius 1 is 0.496 bits per heavy atom. The van der Waals surface area contributed by atoms with E-state index in [0.717, 1.165) is 6.92 Å². The fourth-order valence-corrected chi connectivity index (χ4v) is 12.8. The van der Waals surface area contributed by atoms with Crippen LogP contribution in [-0.4, -0.2) is 212 Å². The maximum absolute atomic E-state index is 15.3. The number of likely N-dealkylation sites (tertiary alicyclic amines) is 1. The van der Waals surface area contributed by atoms with Crippen LogP contribution in [0.25, 0.3) is 10.9 Å². The number of rotatable bonds is 46. The zero-order chi connectivity index (χ0) is 83.9. The van der Waals surface area contributed by atoms with Crippen LogP contribution in [0.1, 0.15) is 143 Å². The number of hydrogen-bond donors (Lipinski definition) is 20. The third-order valence-electron chi connectivity index (χ3n) is 18.9. The van der Waals surface area contributed by atoms with Gasteiger partial charge in [-0.25, -0.2) is 4.79 Å². The molecule has 5 rings (SSSR count). The first-order chi connectivity index (χ1) is 53.3. The summed E-state index contributed by atoms with van der Waals surface area (Å²) in [5.41, 5.74) is 35.7. The predicted octanol–water partition coefficient (Wildman–Crippen LogP) is -1.69. The standard InChI is InChI=1S/C77H116N20O16/c1-40(2)34-54(89-64(101)50(78)21-15-31-84-76(80)81)67(104)90-55(35-41(3)4)68(105)94-62(43(7)8)72(109)95-61(42(5)6)71(108)92-57(36-46-25-27-48(99)28-26-46)74(111)97-33-17-24-59(97)70(107)91-56(38-47-39-86-51-22-14-13-20-49(47)51)69(106)96-63(44(9)98)73(110)88-53(29-30-60(79)100)66(103)87-52(23-16-32-85-77(82)83)65(102)93-58(75(112)113)37-45-18-11-10-12-19-45/h10-14,18-20,22,25-28,39-44,50,52-59,61-63,86,98-99H,15-17,21,23-24,29-38,78H2,1-9H3,(H2,79,100)(H,87,103)(H,88,110)(H,89,101)(H,90,104)(H,91,107)(H,92,108)(H,93,102)(H,94,105)(H,95,109)(H,96,106)(H,112,113)(H4,80,81,84)(H4,82,83,85)/t44-,50+,52+,53+,54+,55+,56+,57+,58+,59+,61+,62+,63+/m1/s1. The summed E-state index contributed by atoms with van der Waals surface area (Å²) in [5.74, 6) is -13.8. The van der Waals surface area contributed by atoms with Gasteiger partial charge in [-0.15, -0.1) is 0 Å². The van der Waals surface area contributed by atoms with Crippen molar-refractivity contribution in [2.45, 2.75) is 224 Å². The molecule has 620 valence electrons. The molecule has 0 bridgehead atoms. The van der Waals surface area contributed by atoms with Crippen molar-refractivity contribution in [2.75, 3.05) is 19.6 Å². The number of aliphatic hydroxyl groups excluding tert-OH is 1. The SMILES string of the molecule is CC(C)C[C@H](NC(=O)[C@H](CC(C)C)NC(=O)[C@@H](N)CCCN=C(N)N)C(=O)N[C@H](C(=O)N[C@H](C(=O)N[C@@H](Cc1ccc(O)cc1)C(=O)N1CCC[C@H]1C(=O)N[C@@H](Cc1c[nH]c2ccccc12)C(=O)N[C@H](C(=O)N[C@@H](CCC(N)=O)C(=O)N[C@@H](CCCN=C(N)N)C(=O)N[C@@H](Cc1ccccc1)C(=O)O)[C@@H](C)O)C(C)C)C(C)C. The quantitative estimate of drug-likeness (QED) is 0.0133. The maximum atomic E-state index is 15.3. The Morgan fingerprint density at radius 3 is 1.50 bits per heavy atom. The molecule has 0 saturated carbocycles. The van der Waals surface area contributed by atoms with E-state index in [0.29, 0.717) is 34.0 Å². The molecule has 1 aliphatic rings. The minimum Gasteiger partial charge on any atom is -0.508 e. The molecule has 1 fully saturated rings. The third-order valence-corrected chi connectivity index (χ3v) is 18.9. The average Bonchev–Trinajstić information content (AvgIpc) is 1.72. The van der Waals surface area contributed by atoms with E-state index in [4.69, 9.17) is 34.4 Å². The van der Waals surface area contributed by atoms with Crippen LogP contribution in [0.15, 0.2) is 95.0 Å². The summed E-state index contributed by atoms with van der Waals surface area (Å²) in [5, 5.41) is 58.9. The highest BCUT2D eigenvalue weighted by Crippen LogP contribution is 2.24. The summed E-state index contributed by atoms with van der Waals surface area (Å²) in [6, 6.07) is 4.31. The van der Waals surface area contributed by atoms with Crippen molar-refractivity contribution in [3.05, 3.63) is 102 Å². The number of carbonyl (C=O) groups excluding carboxylic acids is 12. The number of guanidine groups is 2. The number of aliphatic imine (C=N–C) groups is 2. The number of phenols is 1. The second-order valence-electron chi connectivity index (χ2n) is 30.0. The number of para-hydroxylation sites is 1. The molecule has 0 radical (unpaired) electrons. The molecule has 3 aromatic carbocycles. The van der Waals surface area contributed by atoms with Gasteiger partial charge in [0.15, 0.2) is 11.9 Å². The number of H-pyrrole nitrogens is 1. The molecule has 0 unspecified atom stereocenters. The Balaban J connectivity index is 1.40. The number of carboxylic acid groups (broad SMARTS) is 1. The topological polar surface area (TPSA) is 603 Å². The van der Waals surface area contributed by atoms with Crippen LogP contribution in [-0.2, 0) is 81.6 Å². The van der Waals surface area contributed by atoms with Crippen molar-refractivity contribution in [1.82, 2.24) is 63.1 Å². The number of aliphatic carboxylic acids is 1. The fourth-order valence-electron chi connectivity index (χ4n) is 12.8. The molecule has 36 heteroatoms. The monoisotopic (exact) mass is 1580 g/mol. The van der Waals surface area contributed by atoms with Gasteiger partial charge in [-0.1, -0.05) is 116 Å². The normalized spacial score (nSPS) is 15.9. The number of aromatic hydroxyl groups is 1. The summed E-state index contributed by atoms with van der Waals surface area (Å²) in [6.45, 7) is 15.3. The smallest absolute Gasteiger partial charge is 0.326 e. The first-order valence-electron chi connectivity index (χ1n) is 38.1. The Labute approximate surface area is 657 Å². The van der Waals surface area contributed by atoms with Crippen LogP contribution < -0.4 is 87.6 Å². The zero-order valence-corrected chi connectivity index (χ0v) is 65.7. The van der Waals surface area contributed by atoms with Crippen molar-refractivity contribution >= 4 is 99.7 Å². The first-order valence-corrected chi connectivity index (χ1v) is 38.1. The number of benzene rings is 3. The van der Waals surface area contributed by atoms with Crippen molar-refractivity contribution < 1.29 is 77.6 Å². The Kier molecular flexibility index (Phi) is 36.8. The molecular formula is C77H116N20O16. The molecule has 1 aliphatic heterocycles. The van der Waals surface area contributed by atoms with Gasteiger partial charge in [0.1, 0.15) is 72.2 Å². The minimum atomic E-state index is -1.91. The number of hydrogen-bond acceptors (Lipinski definition) is 18. The van der Waals surface area contributed by atoms with Crippen LogP contribution in [0.3, 0.4) is 0 Å². The third kappa shape index (κ3) is 30.3. The van der Waals surface area contributed by atoms with Crippen LogP contribution in [0.4, 0.5) is 0 Å². The number of carboxylic acids is 1. The number of nitrogens with two attached hydrogens (primary N) is 6. The van der Waals surface area contributed by atoms with Gasteiger partial charge in [0, 0.05) is 62.4 Å². The highest BCUT2D eigenvalue weighted by Gasteiger charge is 2.43. The summed E-state index contributed by atoms with van der Waals surface area (Å²) in [4.78, 5) is 196. The van der Waals surface area contributed by atoms with Crippen LogP contribution >= 0.6 is 0 Å². The van der Waals surface area contributed by atoms with Gasteiger partial charge in [0.2, 0.25) is 70.9 Å². The fraction of sp³-hybridized carbons (Fsp3) is 0.545. The van der Waals surface area contributed by atoms with Gasteiger partial charge >= 0.3 is 5.97 Å². The van der Waals surface area contributed by atoms with Crippen molar-refractivity contribution in [3.8, 4) is 5.75 Å². The van der Waals surface area contributed by atoms with Gasteiger partial charge in [-0.3, -0.25) is 67.5 Å². The van der Waals surface area contributed by atoms with Crippen LogP contribution in [0.2, 0.25) is 0 Å². The molecule has 36 nitrogen and oxygen atoms in total. The largest absolute Gasteiger partial charge is 0.508 e. The molecular weight excluding hydrogens is 1460 g/mol. The molecule has 13 atom stereocenters. The van der Waals surface area contributed by atoms with E-state index in [2.05, 4.69) is 68.1 Å². The van der Waals surface area contributed by atoms with E-state index in [1.807, 2.05) is 27.7 Å². The second kappa shape index (κ2) is 45.2. The Morgan fingerprint density at radius 2 is 0.947 bits per heavy atom.